The smallest absolute Gasteiger partial charge is 0.200 e. The molecular formula is C29H34O6. The molecule has 1 saturated heterocycles. The van der Waals surface area contributed by atoms with Crippen molar-refractivity contribution in [2.24, 2.45) is 11.8 Å². The summed E-state index contributed by atoms with van der Waals surface area (Å²) in [4.78, 5) is 28.4. The van der Waals surface area contributed by atoms with E-state index >= 15 is 0 Å². The van der Waals surface area contributed by atoms with Crippen LogP contribution in [0.25, 0.3) is 0 Å². The predicted octanol–water partition coefficient (Wildman–Crippen LogP) is 5.12. The molecule has 35 heavy (non-hydrogen) atoms. The molecular weight excluding hydrogens is 444 g/mol. The molecule has 0 aromatic heterocycles. The van der Waals surface area contributed by atoms with Gasteiger partial charge in [-0.1, -0.05) is 31.6 Å². The third-order valence-electron chi connectivity index (χ3n) is 9.29. The fraction of sp³-hybridized carbons (Fsp3) is 0.586. The molecule has 6 heteroatoms. The molecule has 3 aliphatic carbocycles. The highest BCUT2D eigenvalue weighted by Gasteiger charge is 2.81. The third kappa shape index (κ3) is 2.44. The maximum atomic E-state index is 14.4. The maximum absolute atomic E-state index is 14.4. The highest BCUT2D eigenvalue weighted by atomic mass is 16.6. The summed E-state index contributed by atoms with van der Waals surface area (Å²) in [6, 6.07) is 1.81. The Labute approximate surface area is 206 Å². The second-order valence-corrected chi connectivity index (χ2v) is 12.2. The van der Waals surface area contributed by atoms with E-state index in [4.69, 9.17) is 18.9 Å². The van der Waals surface area contributed by atoms with Crippen molar-refractivity contribution < 1.29 is 28.5 Å². The zero-order chi connectivity index (χ0) is 25.3. The van der Waals surface area contributed by atoms with Crippen LogP contribution in [0.1, 0.15) is 77.2 Å². The number of carbonyl (C=O) groups is 2. The van der Waals surface area contributed by atoms with Crippen molar-refractivity contribution in [1.82, 2.24) is 0 Å². The van der Waals surface area contributed by atoms with Gasteiger partial charge in [-0.05, 0) is 41.0 Å². The minimum atomic E-state index is -1.26. The molecule has 1 unspecified atom stereocenters. The van der Waals surface area contributed by atoms with Crippen LogP contribution in [0.2, 0.25) is 0 Å². The Hall–Kier alpha value is -2.60. The number of hydrogen-bond donors (Lipinski definition) is 0. The normalized spacial score (nSPS) is 36.5. The minimum Gasteiger partial charge on any atom is -0.496 e. The Kier molecular flexibility index (Phi) is 4.29. The molecule has 3 heterocycles. The van der Waals surface area contributed by atoms with E-state index in [9.17, 15) is 9.59 Å². The molecule has 0 radical (unpaired) electrons. The zero-order valence-corrected chi connectivity index (χ0v) is 21.8. The topological polar surface area (TPSA) is 71.1 Å². The summed E-state index contributed by atoms with van der Waals surface area (Å²) in [7, 11) is 1.56. The summed E-state index contributed by atoms with van der Waals surface area (Å²) in [6.07, 6.45) is 4.75. The van der Waals surface area contributed by atoms with Gasteiger partial charge in [0.2, 0.25) is 0 Å². The van der Waals surface area contributed by atoms with E-state index in [1.165, 1.54) is 0 Å². The first-order valence-corrected chi connectivity index (χ1v) is 12.6. The molecule has 1 spiro atoms. The number of hydrogen-bond acceptors (Lipinski definition) is 6. The monoisotopic (exact) mass is 478 g/mol. The van der Waals surface area contributed by atoms with Crippen molar-refractivity contribution >= 4 is 11.6 Å². The van der Waals surface area contributed by atoms with Crippen molar-refractivity contribution in [3.05, 3.63) is 40.5 Å². The molecule has 6 aliphatic rings. The number of methoxy groups -OCH3 is 1. The van der Waals surface area contributed by atoms with Gasteiger partial charge < -0.3 is 18.9 Å². The standard InChI is InChI=1S/C29H34O6/c1-14(2)9-10-28-25(31)16-11-17-23(30)21-18(32-8)13-19-22(26(4,5)15(3)33-19)24(21)34-29(17,28)20(12-16)27(6,7)35-28/h9,11,13,15-16,20H,10,12H2,1-8H3/t15-,16+,20?,28-,29+/m0/s1. The number of ether oxygens (including phenoxy) is 4. The third-order valence-corrected chi connectivity index (χ3v) is 9.29. The number of Topliss-reactive ketones (excluding diaryl/α,β-unsaturated/α-hetero) is 2. The molecule has 186 valence electrons. The second kappa shape index (κ2) is 6.58. The summed E-state index contributed by atoms with van der Waals surface area (Å²) >= 11 is 0. The van der Waals surface area contributed by atoms with Gasteiger partial charge in [-0.15, -0.1) is 0 Å². The average molecular weight is 479 g/mol. The first kappa shape index (κ1) is 22.8. The van der Waals surface area contributed by atoms with Crippen LogP contribution >= 0.6 is 0 Å². The van der Waals surface area contributed by atoms with E-state index < -0.39 is 22.2 Å². The molecule has 1 aromatic carbocycles. The predicted molar refractivity (Wildman–Crippen MR) is 130 cm³/mol. The van der Waals surface area contributed by atoms with Crippen LogP contribution in [0.5, 0.6) is 17.2 Å². The Morgan fingerprint density at radius 2 is 1.91 bits per heavy atom. The summed E-state index contributed by atoms with van der Waals surface area (Å²) < 4.78 is 25.8. The van der Waals surface area contributed by atoms with Gasteiger partial charge in [-0.25, -0.2) is 0 Å². The highest BCUT2D eigenvalue weighted by Crippen LogP contribution is 2.69. The molecule has 1 saturated carbocycles. The fourth-order valence-corrected chi connectivity index (χ4v) is 7.31. The van der Waals surface area contributed by atoms with Gasteiger partial charge in [0.15, 0.2) is 22.8 Å². The molecule has 7 rings (SSSR count). The molecule has 1 aromatic rings. The van der Waals surface area contributed by atoms with Gasteiger partial charge in [0.25, 0.3) is 0 Å². The lowest BCUT2D eigenvalue weighted by Gasteiger charge is -2.56. The first-order chi connectivity index (χ1) is 16.3. The summed E-state index contributed by atoms with van der Waals surface area (Å²) in [5.41, 5.74) is -0.582. The Balaban J connectivity index is 1.69. The molecule has 0 N–H and O–H groups in total. The number of ketones is 2. The van der Waals surface area contributed by atoms with Gasteiger partial charge in [0, 0.05) is 40.9 Å². The van der Waals surface area contributed by atoms with Crippen LogP contribution in [0.3, 0.4) is 0 Å². The van der Waals surface area contributed by atoms with E-state index in [-0.39, 0.29) is 29.5 Å². The summed E-state index contributed by atoms with van der Waals surface area (Å²) in [5.74, 6) is 0.950. The Morgan fingerprint density at radius 3 is 2.57 bits per heavy atom. The van der Waals surface area contributed by atoms with E-state index in [1.54, 1.807) is 13.2 Å². The second-order valence-electron chi connectivity index (χ2n) is 12.2. The van der Waals surface area contributed by atoms with Gasteiger partial charge in [0.05, 0.1) is 12.7 Å². The van der Waals surface area contributed by atoms with E-state index in [1.807, 2.05) is 46.8 Å². The van der Waals surface area contributed by atoms with Crippen molar-refractivity contribution in [2.75, 3.05) is 7.11 Å². The fourth-order valence-electron chi connectivity index (χ4n) is 7.31. The van der Waals surface area contributed by atoms with Crippen LogP contribution < -0.4 is 14.2 Å². The number of benzene rings is 1. The largest absolute Gasteiger partial charge is 0.496 e. The molecule has 0 amide bonds. The summed E-state index contributed by atoms with van der Waals surface area (Å²) in [6.45, 7) is 14.3. The van der Waals surface area contributed by atoms with E-state index in [0.717, 1.165) is 11.1 Å². The number of rotatable bonds is 3. The maximum Gasteiger partial charge on any atom is 0.200 e. The number of carbonyl (C=O) groups excluding carboxylic acids is 2. The van der Waals surface area contributed by atoms with Gasteiger partial charge in [-0.2, -0.15) is 0 Å². The molecule has 2 fully saturated rings. The van der Waals surface area contributed by atoms with Crippen molar-refractivity contribution in [3.8, 4) is 17.2 Å². The minimum absolute atomic E-state index is 0.0141. The summed E-state index contributed by atoms with van der Waals surface area (Å²) in [5, 5.41) is 0. The first-order valence-electron chi connectivity index (χ1n) is 12.6. The molecule has 6 nitrogen and oxygen atoms in total. The van der Waals surface area contributed by atoms with Gasteiger partial charge in [0.1, 0.15) is 28.9 Å². The van der Waals surface area contributed by atoms with Crippen molar-refractivity contribution in [1.29, 1.82) is 0 Å². The highest BCUT2D eigenvalue weighted by molar-refractivity contribution is 6.18. The van der Waals surface area contributed by atoms with Crippen molar-refractivity contribution in [2.45, 2.75) is 89.6 Å². The number of allylic oxidation sites excluding steroid dienone is 2. The van der Waals surface area contributed by atoms with Crippen LogP contribution in [0.15, 0.2) is 29.4 Å². The SMILES string of the molecule is COc1cc2c(c3c1C(=O)C1=C[C@@H]4CC5C(C)(C)O[C@@](CC=C(C)C)(C4=O)[C@@]15O3)C(C)(C)[C@H](C)O2. The van der Waals surface area contributed by atoms with Crippen LogP contribution in [0.4, 0.5) is 0 Å². The Morgan fingerprint density at radius 1 is 1.20 bits per heavy atom. The zero-order valence-electron chi connectivity index (χ0n) is 21.8. The molecule has 3 aliphatic heterocycles. The molecule has 4 bridgehead atoms. The van der Waals surface area contributed by atoms with Gasteiger partial charge in [-0.3, -0.25) is 9.59 Å². The lowest BCUT2D eigenvalue weighted by atomic mass is 9.51. The van der Waals surface area contributed by atoms with Crippen LogP contribution in [-0.2, 0) is 14.9 Å². The Bertz CT molecular complexity index is 1260. The van der Waals surface area contributed by atoms with Crippen LogP contribution in [-0.4, -0.2) is 41.6 Å². The van der Waals surface area contributed by atoms with Crippen molar-refractivity contribution in [3.63, 3.8) is 0 Å². The number of fused-ring (bicyclic) bond motifs is 3. The molecule has 5 atom stereocenters. The van der Waals surface area contributed by atoms with Crippen LogP contribution in [0, 0.1) is 11.8 Å². The van der Waals surface area contributed by atoms with E-state index in [2.05, 4.69) is 13.8 Å². The lowest BCUT2D eigenvalue weighted by molar-refractivity contribution is -0.171. The average Bonchev–Trinajstić information content (AvgIpc) is 3.10. The quantitative estimate of drug-likeness (QED) is 0.562. The van der Waals surface area contributed by atoms with Gasteiger partial charge >= 0.3 is 0 Å². The lowest BCUT2D eigenvalue weighted by Crippen LogP contribution is -2.72. The van der Waals surface area contributed by atoms with E-state index in [0.29, 0.717) is 41.2 Å².